The van der Waals surface area contributed by atoms with Crippen LogP contribution in [-0.4, -0.2) is 22.1 Å². The highest BCUT2D eigenvalue weighted by Gasteiger charge is 2.37. The van der Waals surface area contributed by atoms with Crippen LogP contribution in [0.2, 0.25) is 0 Å². The van der Waals surface area contributed by atoms with Gasteiger partial charge >= 0.3 is 6.18 Å². The summed E-state index contributed by atoms with van der Waals surface area (Å²) in [5, 5.41) is 11.7. The van der Waals surface area contributed by atoms with Crippen LogP contribution in [-0.2, 0) is 0 Å². The Morgan fingerprint density at radius 3 is 2.14 bits per heavy atom. The van der Waals surface area contributed by atoms with Gasteiger partial charge in [-0.25, -0.2) is 0 Å². The molecule has 3 nitrogen and oxygen atoms in total. The second-order valence-corrected chi connectivity index (χ2v) is 4.38. The number of nitrogens with zero attached hydrogens (tertiary/aromatic N) is 1. The molecule has 0 fully saturated rings. The molecule has 0 amide bonds. The van der Waals surface area contributed by atoms with Crippen molar-refractivity contribution >= 4 is 16.6 Å². The minimum Gasteiger partial charge on any atom is -0.410 e. The van der Waals surface area contributed by atoms with Crippen molar-refractivity contribution in [2.75, 3.05) is 0 Å². The summed E-state index contributed by atoms with van der Waals surface area (Å²) in [5.74, 6) is 0. The summed E-state index contributed by atoms with van der Waals surface area (Å²) in [4.78, 5) is 3.12. The number of aromatic nitrogens is 1. The SMILES string of the molecule is ON=C(c1ccccc1)C(F)(F)F.c1ccc2[nH]ccc2c1. The first-order valence-electron chi connectivity index (χ1n) is 6.39. The number of hydrogen-bond acceptors (Lipinski definition) is 2. The van der Waals surface area contributed by atoms with Crippen molar-refractivity contribution in [2.24, 2.45) is 5.16 Å². The van der Waals surface area contributed by atoms with E-state index in [1.807, 2.05) is 18.3 Å². The lowest BCUT2D eigenvalue weighted by molar-refractivity contribution is -0.0601. The summed E-state index contributed by atoms with van der Waals surface area (Å²) < 4.78 is 36.3. The third-order valence-corrected chi connectivity index (χ3v) is 2.88. The van der Waals surface area contributed by atoms with Crippen LogP contribution in [0.5, 0.6) is 0 Å². The number of aromatic amines is 1. The van der Waals surface area contributed by atoms with Crippen molar-refractivity contribution in [1.82, 2.24) is 4.98 Å². The molecule has 22 heavy (non-hydrogen) atoms. The van der Waals surface area contributed by atoms with Gasteiger partial charge in [0.25, 0.3) is 0 Å². The van der Waals surface area contributed by atoms with Crippen LogP contribution >= 0.6 is 0 Å². The van der Waals surface area contributed by atoms with Crippen LogP contribution in [0.3, 0.4) is 0 Å². The molecular formula is C16H13F3N2O. The van der Waals surface area contributed by atoms with E-state index in [0.29, 0.717) is 0 Å². The number of halogens is 3. The normalized spacial score (nSPS) is 11.9. The number of hydrogen-bond donors (Lipinski definition) is 2. The molecule has 1 heterocycles. The van der Waals surface area contributed by atoms with E-state index in [-0.39, 0.29) is 5.56 Å². The smallest absolute Gasteiger partial charge is 0.410 e. The van der Waals surface area contributed by atoms with Gasteiger partial charge < -0.3 is 10.2 Å². The monoisotopic (exact) mass is 306 g/mol. The zero-order valence-corrected chi connectivity index (χ0v) is 11.4. The number of nitrogens with one attached hydrogen (secondary N) is 1. The van der Waals surface area contributed by atoms with Crippen molar-refractivity contribution in [3.8, 4) is 0 Å². The largest absolute Gasteiger partial charge is 0.437 e. The average molecular weight is 306 g/mol. The molecule has 0 aliphatic heterocycles. The van der Waals surface area contributed by atoms with Gasteiger partial charge in [-0.15, -0.1) is 0 Å². The van der Waals surface area contributed by atoms with Gasteiger partial charge in [-0.1, -0.05) is 53.7 Å². The highest BCUT2D eigenvalue weighted by molar-refractivity contribution is 6.04. The molecule has 0 saturated heterocycles. The van der Waals surface area contributed by atoms with E-state index < -0.39 is 11.9 Å². The number of benzene rings is 2. The van der Waals surface area contributed by atoms with Crippen molar-refractivity contribution in [3.05, 3.63) is 72.4 Å². The summed E-state index contributed by atoms with van der Waals surface area (Å²) in [7, 11) is 0. The Balaban J connectivity index is 0.000000170. The molecule has 0 aliphatic carbocycles. The number of alkyl halides is 3. The molecule has 0 radical (unpaired) electrons. The van der Waals surface area contributed by atoms with Crippen LogP contribution in [0.25, 0.3) is 10.9 Å². The van der Waals surface area contributed by atoms with Crippen molar-refractivity contribution in [2.45, 2.75) is 6.18 Å². The molecule has 0 atom stereocenters. The zero-order chi connectivity index (χ0) is 16.0. The molecule has 3 rings (SSSR count). The lowest BCUT2D eigenvalue weighted by Crippen LogP contribution is -2.23. The number of para-hydroxylation sites is 1. The molecule has 0 aliphatic rings. The minimum absolute atomic E-state index is 0.155. The van der Waals surface area contributed by atoms with E-state index in [4.69, 9.17) is 5.21 Å². The zero-order valence-electron chi connectivity index (χ0n) is 11.4. The fourth-order valence-corrected chi connectivity index (χ4v) is 1.87. The van der Waals surface area contributed by atoms with Gasteiger partial charge in [0.1, 0.15) is 0 Å². The van der Waals surface area contributed by atoms with Crippen LogP contribution in [0, 0.1) is 0 Å². The highest BCUT2D eigenvalue weighted by atomic mass is 19.4. The summed E-state index contributed by atoms with van der Waals surface area (Å²) in [6, 6.07) is 17.2. The average Bonchev–Trinajstić information content (AvgIpc) is 2.97. The lowest BCUT2D eigenvalue weighted by atomic mass is 10.1. The van der Waals surface area contributed by atoms with Crippen LogP contribution in [0.15, 0.2) is 72.0 Å². The number of rotatable bonds is 1. The maximum absolute atomic E-state index is 12.1. The minimum atomic E-state index is -4.63. The van der Waals surface area contributed by atoms with Gasteiger partial charge in [-0.3, -0.25) is 0 Å². The molecule has 114 valence electrons. The summed E-state index contributed by atoms with van der Waals surface area (Å²) in [6.07, 6.45) is -2.68. The van der Waals surface area contributed by atoms with Crippen LogP contribution in [0.1, 0.15) is 5.56 Å². The first-order chi connectivity index (χ1) is 10.5. The molecule has 0 bridgehead atoms. The van der Waals surface area contributed by atoms with Crippen molar-refractivity contribution < 1.29 is 18.4 Å². The Labute approximate surface area is 124 Å². The molecule has 0 spiro atoms. The predicted molar refractivity (Wildman–Crippen MR) is 79.1 cm³/mol. The molecule has 0 unspecified atom stereocenters. The van der Waals surface area contributed by atoms with Crippen LogP contribution in [0.4, 0.5) is 13.2 Å². The maximum Gasteiger partial charge on any atom is 0.437 e. The van der Waals surface area contributed by atoms with E-state index in [2.05, 4.69) is 28.3 Å². The first-order valence-corrected chi connectivity index (χ1v) is 6.39. The fourth-order valence-electron chi connectivity index (χ4n) is 1.87. The van der Waals surface area contributed by atoms with Crippen molar-refractivity contribution in [3.63, 3.8) is 0 Å². The Kier molecular flexibility index (Phi) is 4.83. The van der Waals surface area contributed by atoms with Gasteiger partial charge in [-0.2, -0.15) is 13.2 Å². The quantitative estimate of drug-likeness (QED) is 0.385. The summed E-state index contributed by atoms with van der Waals surface area (Å²) in [6.45, 7) is 0. The third-order valence-electron chi connectivity index (χ3n) is 2.88. The molecule has 0 saturated carbocycles. The highest BCUT2D eigenvalue weighted by Crippen LogP contribution is 2.21. The Morgan fingerprint density at radius 2 is 1.55 bits per heavy atom. The lowest BCUT2D eigenvalue weighted by Gasteiger charge is -2.07. The van der Waals surface area contributed by atoms with Crippen LogP contribution < -0.4 is 0 Å². The fraction of sp³-hybridized carbons (Fsp3) is 0.0625. The maximum atomic E-state index is 12.1. The van der Waals surface area contributed by atoms with Gasteiger partial charge in [0.15, 0.2) is 5.71 Å². The number of oxime groups is 1. The van der Waals surface area contributed by atoms with E-state index in [1.54, 1.807) is 6.07 Å². The molecular weight excluding hydrogens is 293 g/mol. The van der Waals surface area contributed by atoms with E-state index >= 15 is 0 Å². The van der Waals surface area contributed by atoms with Crippen molar-refractivity contribution in [1.29, 1.82) is 0 Å². The third kappa shape index (κ3) is 3.88. The Bertz CT molecular complexity index is 718. The second-order valence-electron chi connectivity index (χ2n) is 4.38. The van der Waals surface area contributed by atoms with E-state index in [1.165, 1.54) is 35.2 Å². The van der Waals surface area contributed by atoms with E-state index in [0.717, 1.165) is 0 Å². The molecule has 3 aromatic rings. The molecule has 1 aromatic heterocycles. The number of fused-ring (bicyclic) bond motifs is 1. The van der Waals surface area contributed by atoms with Gasteiger partial charge in [0.05, 0.1) is 0 Å². The van der Waals surface area contributed by atoms with Gasteiger partial charge in [0.2, 0.25) is 0 Å². The second kappa shape index (κ2) is 6.80. The first kappa shape index (κ1) is 15.6. The van der Waals surface area contributed by atoms with Gasteiger partial charge in [0, 0.05) is 17.3 Å². The predicted octanol–water partition coefficient (Wildman–Crippen LogP) is 4.60. The molecule has 6 heteroatoms. The molecule has 2 N–H and O–H groups in total. The summed E-state index contributed by atoms with van der Waals surface area (Å²) in [5.41, 5.74) is -0.233. The molecule has 2 aromatic carbocycles. The van der Waals surface area contributed by atoms with Gasteiger partial charge in [-0.05, 0) is 17.5 Å². The van der Waals surface area contributed by atoms with E-state index in [9.17, 15) is 13.2 Å². The standard InChI is InChI=1S/C8H6F3NO.C8H7N/c9-8(10,11)7(12-13)6-4-2-1-3-5-6;1-2-4-8-7(3-1)5-6-9-8/h1-5,13H;1-6,9H. The number of H-pyrrole nitrogens is 1. The Morgan fingerprint density at radius 1 is 0.909 bits per heavy atom. The summed E-state index contributed by atoms with van der Waals surface area (Å²) >= 11 is 0. The Hall–Kier alpha value is -2.76. The topological polar surface area (TPSA) is 48.4 Å².